The minimum Gasteiger partial charge on any atom is -0.483 e. The maximum absolute atomic E-state index is 12.3. The van der Waals surface area contributed by atoms with E-state index in [9.17, 15) is 14.4 Å². The van der Waals surface area contributed by atoms with Gasteiger partial charge in [-0.05, 0) is 43.9 Å². The average Bonchev–Trinajstić information content (AvgIpc) is 3.23. The van der Waals surface area contributed by atoms with Crippen molar-refractivity contribution in [3.63, 3.8) is 0 Å². The Labute approximate surface area is 241 Å². The second-order valence-corrected chi connectivity index (χ2v) is 11.3. The topological polar surface area (TPSA) is 107 Å². The van der Waals surface area contributed by atoms with E-state index < -0.39 is 18.3 Å². The number of amides is 3. The van der Waals surface area contributed by atoms with Crippen LogP contribution in [0.4, 0.5) is 14.4 Å². The molecule has 0 bridgehead atoms. The lowest BCUT2D eigenvalue weighted by molar-refractivity contribution is 0.129. The molecule has 0 saturated heterocycles. The van der Waals surface area contributed by atoms with Gasteiger partial charge < -0.3 is 24.3 Å². The van der Waals surface area contributed by atoms with Crippen molar-refractivity contribution < 1.29 is 33.3 Å². The van der Waals surface area contributed by atoms with E-state index in [-0.39, 0.29) is 5.60 Å². The smallest absolute Gasteiger partial charge is 0.426 e. The molecule has 1 aliphatic rings. The van der Waals surface area contributed by atoms with Gasteiger partial charge in [0.25, 0.3) is 0 Å². The van der Waals surface area contributed by atoms with Crippen LogP contribution in [0.3, 0.4) is 0 Å². The summed E-state index contributed by atoms with van der Waals surface area (Å²) in [6.07, 6.45) is 0.954. The molecule has 40 heavy (non-hydrogen) atoms. The number of ether oxygens (including phenoxy) is 4. The van der Waals surface area contributed by atoms with E-state index in [1.807, 2.05) is 51.1 Å². The third-order valence-corrected chi connectivity index (χ3v) is 6.47. The number of fused-ring (bicyclic) bond motifs is 1. The first kappa shape index (κ1) is 32.6. The largest absolute Gasteiger partial charge is 0.483 e. The number of carbonyl (C=O) groups is 3. The number of nitrogens with zero attached hydrogens (tertiary/aromatic N) is 2. The van der Waals surface area contributed by atoms with Crippen LogP contribution in [0.2, 0.25) is 0 Å². The Kier molecular flexibility index (Phi) is 12.4. The van der Waals surface area contributed by atoms with Crippen molar-refractivity contribution in [2.45, 2.75) is 65.4 Å². The Hall–Kier alpha value is -3.60. The highest BCUT2D eigenvalue weighted by atomic mass is 32.2. The third-order valence-electron chi connectivity index (χ3n) is 5.68. The number of carbonyl (C=O) groups excluding carboxylic acids is 3. The van der Waals surface area contributed by atoms with E-state index in [2.05, 4.69) is 19.2 Å². The average molecular weight is 576 g/mol. The zero-order valence-electron chi connectivity index (χ0n) is 24.6. The Morgan fingerprint density at radius 1 is 1.00 bits per heavy atom. The molecule has 0 aromatic heterocycles. The molecule has 0 unspecified atom stereocenters. The van der Waals surface area contributed by atoms with Crippen LogP contribution in [-0.4, -0.2) is 60.2 Å². The van der Waals surface area contributed by atoms with Crippen molar-refractivity contribution in [3.8, 4) is 17.2 Å². The summed E-state index contributed by atoms with van der Waals surface area (Å²) < 4.78 is 24.0. The molecule has 0 radical (unpaired) electrons. The molecule has 0 atom stereocenters. The fourth-order valence-electron chi connectivity index (χ4n) is 3.67. The van der Waals surface area contributed by atoms with E-state index in [1.54, 1.807) is 19.2 Å². The van der Waals surface area contributed by atoms with Gasteiger partial charge in [-0.3, -0.25) is 0 Å². The molecule has 10 nitrogen and oxygen atoms in total. The lowest BCUT2D eigenvalue weighted by atomic mass is 10.0. The first-order valence-corrected chi connectivity index (χ1v) is 13.9. The summed E-state index contributed by atoms with van der Waals surface area (Å²) >= 11 is 0.903. The van der Waals surface area contributed by atoms with E-state index in [0.717, 1.165) is 42.5 Å². The Balaban J connectivity index is 0.000000337. The molecule has 2 aromatic rings. The van der Waals surface area contributed by atoms with Gasteiger partial charge >= 0.3 is 18.3 Å². The molecule has 220 valence electrons. The van der Waals surface area contributed by atoms with Gasteiger partial charge in [-0.25, -0.2) is 23.0 Å². The molecule has 1 N–H and O–H groups in total. The number of para-hydroxylation sites is 2. The second kappa shape index (κ2) is 15.3. The molecular weight excluding hydrogens is 534 g/mol. The summed E-state index contributed by atoms with van der Waals surface area (Å²) in [6, 6.07) is 13.0. The van der Waals surface area contributed by atoms with Crippen LogP contribution in [0.1, 0.15) is 64.5 Å². The fraction of sp³-hybridized carbons (Fsp3) is 0.483. The molecule has 3 amide bonds. The molecule has 1 aliphatic heterocycles. The Morgan fingerprint density at radius 3 is 2.30 bits per heavy atom. The molecule has 0 spiro atoms. The van der Waals surface area contributed by atoms with Gasteiger partial charge in [0.15, 0.2) is 11.5 Å². The first-order chi connectivity index (χ1) is 18.9. The van der Waals surface area contributed by atoms with Crippen LogP contribution in [0.15, 0.2) is 42.5 Å². The molecule has 2 aromatic carbocycles. The first-order valence-electron chi connectivity index (χ1n) is 13.2. The van der Waals surface area contributed by atoms with Crippen molar-refractivity contribution in [2.24, 2.45) is 0 Å². The predicted octanol–water partition coefficient (Wildman–Crippen LogP) is 6.79. The SMILES string of the molecule is CCCCOC(=O)N(C)SN(C)C(=O)Oc1cccc2c1OC(C)(C)C2.CNC(=O)Oc1ccccc1C(C)C. The van der Waals surface area contributed by atoms with Gasteiger partial charge in [-0.15, -0.1) is 0 Å². The van der Waals surface area contributed by atoms with Crippen LogP contribution in [-0.2, 0) is 11.2 Å². The summed E-state index contributed by atoms with van der Waals surface area (Å²) in [5.41, 5.74) is 1.72. The van der Waals surface area contributed by atoms with E-state index >= 15 is 0 Å². The van der Waals surface area contributed by atoms with Crippen molar-refractivity contribution in [1.29, 1.82) is 0 Å². The molecular formula is C29H41N3O7S. The number of hydrogen-bond acceptors (Lipinski definition) is 8. The maximum Gasteiger partial charge on any atom is 0.426 e. The summed E-state index contributed by atoms with van der Waals surface area (Å²) in [6.45, 7) is 10.5. The number of rotatable bonds is 8. The number of nitrogens with one attached hydrogen (secondary N) is 1. The minimum absolute atomic E-state index is 0.325. The van der Waals surface area contributed by atoms with Crippen molar-refractivity contribution in [2.75, 3.05) is 27.7 Å². The number of benzene rings is 2. The van der Waals surface area contributed by atoms with Gasteiger partial charge in [-0.2, -0.15) is 0 Å². The summed E-state index contributed by atoms with van der Waals surface area (Å²) in [7, 11) is 4.60. The highest BCUT2D eigenvalue weighted by molar-refractivity contribution is 7.95. The van der Waals surface area contributed by atoms with Gasteiger partial charge in [0.1, 0.15) is 11.4 Å². The zero-order chi connectivity index (χ0) is 29.9. The maximum atomic E-state index is 12.3. The van der Waals surface area contributed by atoms with E-state index in [1.165, 1.54) is 22.7 Å². The summed E-state index contributed by atoms with van der Waals surface area (Å²) in [5.74, 6) is 1.94. The molecule has 11 heteroatoms. The lowest BCUT2D eigenvalue weighted by Gasteiger charge is -2.22. The standard InChI is InChI=1S/C18H26N2O5S.C11H15NO2/c1-6-7-11-23-16(21)19(4)26-20(5)17(22)24-14-10-8-9-13-12-18(2,3)25-15(13)14;1-8(2)9-6-4-5-7-10(9)14-11(13)12-3/h8-10H,6-7,11-12H2,1-5H3;4-8H,1-3H3,(H,12,13). The predicted molar refractivity (Wildman–Crippen MR) is 156 cm³/mol. The van der Waals surface area contributed by atoms with Crippen molar-refractivity contribution in [1.82, 2.24) is 13.9 Å². The number of hydrogen-bond donors (Lipinski definition) is 1. The van der Waals surface area contributed by atoms with Gasteiger partial charge in [-0.1, -0.05) is 57.5 Å². The quantitative estimate of drug-likeness (QED) is 0.271. The third kappa shape index (κ3) is 9.86. The van der Waals surface area contributed by atoms with Gasteiger partial charge in [0, 0.05) is 33.1 Å². The lowest BCUT2D eigenvalue weighted by Crippen LogP contribution is -2.31. The molecule has 3 rings (SSSR count). The van der Waals surface area contributed by atoms with Crippen LogP contribution < -0.4 is 19.5 Å². The van der Waals surface area contributed by atoms with Crippen LogP contribution in [0.25, 0.3) is 0 Å². The highest BCUT2D eigenvalue weighted by Crippen LogP contribution is 2.42. The zero-order valence-corrected chi connectivity index (χ0v) is 25.4. The molecule has 1 heterocycles. The Bertz CT molecular complexity index is 1160. The van der Waals surface area contributed by atoms with Crippen LogP contribution in [0.5, 0.6) is 17.2 Å². The Morgan fingerprint density at radius 2 is 1.65 bits per heavy atom. The molecule has 0 saturated carbocycles. The van der Waals surface area contributed by atoms with E-state index in [0.29, 0.717) is 29.8 Å². The fourth-order valence-corrected chi connectivity index (χ4v) is 4.26. The summed E-state index contributed by atoms with van der Waals surface area (Å²) in [5, 5.41) is 2.42. The molecule has 0 aliphatic carbocycles. The number of unbranched alkanes of at least 4 members (excludes halogenated alkanes) is 1. The van der Waals surface area contributed by atoms with Crippen molar-refractivity contribution >= 4 is 30.4 Å². The normalized spacial score (nSPS) is 12.7. The van der Waals surface area contributed by atoms with Gasteiger partial charge in [0.05, 0.1) is 18.7 Å². The van der Waals surface area contributed by atoms with E-state index in [4.69, 9.17) is 18.9 Å². The summed E-state index contributed by atoms with van der Waals surface area (Å²) in [4.78, 5) is 35.2. The minimum atomic E-state index is -0.607. The van der Waals surface area contributed by atoms with Crippen LogP contribution >= 0.6 is 12.1 Å². The van der Waals surface area contributed by atoms with Crippen LogP contribution in [0, 0.1) is 0 Å². The highest BCUT2D eigenvalue weighted by Gasteiger charge is 2.33. The second-order valence-electron chi connectivity index (χ2n) is 10.0. The van der Waals surface area contributed by atoms with Gasteiger partial charge in [0.2, 0.25) is 0 Å². The van der Waals surface area contributed by atoms with Crippen molar-refractivity contribution in [3.05, 3.63) is 53.6 Å². The molecule has 0 fully saturated rings. The monoisotopic (exact) mass is 575 g/mol.